The highest BCUT2D eigenvalue weighted by molar-refractivity contribution is 5.54. The highest BCUT2D eigenvalue weighted by Crippen LogP contribution is 2.20. The molecule has 0 aliphatic carbocycles. The van der Waals surface area contributed by atoms with Crippen molar-refractivity contribution in [1.29, 1.82) is 0 Å². The Morgan fingerprint density at radius 3 is 2.44 bits per heavy atom. The van der Waals surface area contributed by atoms with Crippen LogP contribution in [0.3, 0.4) is 0 Å². The number of aliphatic hydroxyl groups is 1. The minimum atomic E-state index is -0.225. The lowest BCUT2D eigenvalue weighted by molar-refractivity contribution is 0.222. The van der Waals surface area contributed by atoms with Crippen LogP contribution in [0, 0.1) is 0 Å². The van der Waals surface area contributed by atoms with Gasteiger partial charge in [-0.25, -0.2) is 0 Å². The second kappa shape index (κ2) is 4.45. The first kappa shape index (κ1) is 10.8. The summed E-state index contributed by atoms with van der Waals surface area (Å²) in [6, 6.07) is 8.02. The first-order valence-corrected chi connectivity index (χ1v) is 5.24. The maximum Gasteiger partial charge on any atom is 0.252 e. The zero-order valence-corrected chi connectivity index (χ0v) is 9.34. The molecular formula is C12H14N2O2. The molecule has 0 aliphatic heterocycles. The number of benzene rings is 1. The van der Waals surface area contributed by atoms with Gasteiger partial charge in [0, 0.05) is 5.56 Å². The average molecular weight is 218 g/mol. The predicted molar refractivity (Wildman–Crippen MR) is 59.7 cm³/mol. The van der Waals surface area contributed by atoms with Crippen LogP contribution in [0.25, 0.3) is 11.4 Å². The molecule has 16 heavy (non-hydrogen) atoms. The summed E-state index contributed by atoms with van der Waals surface area (Å²) in [5.74, 6) is 1.26. The summed E-state index contributed by atoms with van der Waals surface area (Å²) in [6.45, 7) is 4.07. The molecule has 2 aromatic rings. The molecule has 1 aromatic carbocycles. The number of nitrogens with zero attached hydrogens (tertiary/aromatic N) is 2. The fourth-order valence-electron chi connectivity index (χ4n) is 1.45. The maximum atomic E-state index is 8.82. The second-order valence-corrected chi connectivity index (χ2v) is 3.95. The topological polar surface area (TPSA) is 59.2 Å². The van der Waals surface area contributed by atoms with E-state index in [0.29, 0.717) is 11.7 Å². The van der Waals surface area contributed by atoms with Gasteiger partial charge in [-0.15, -0.1) is 0 Å². The van der Waals surface area contributed by atoms with Crippen LogP contribution in [0.2, 0.25) is 0 Å². The van der Waals surface area contributed by atoms with Crippen molar-refractivity contribution in [2.45, 2.75) is 26.4 Å². The lowest BCUT2D eigenvalue weighted by Gasteiger charge is -2.04. The summed E-state index contributed by atoms with van der Waals surface area (Å²) in [6.07, 6.45) is 0. The molecule has 0 spiro atoms. The Labute approximate surface area is 93.9 Å². The first-order chi connectivity index (χ1) is 7.70. The van der Waals surface area contributed by atoms with Crippen molar-refractivity contribution >= 4 is 0 Å². The molecule has 4 heteroatoms. The molecule has 0 unspecified atom stereocenters. The van der Waals surface area contributed by atoms with Crippen LogP contribution in [0.15, 0.2) is 28.8 Å². The third-order valence-electron chi connectivity index (χ3n) is 2.44. The molecule has 0 fully saturated rings. The zero-order valence-electron chi connectivity index (χ0n) is 9.34. The Morgan fingerprint density at radius 1 is 1.25 bits per heavy atom. The van der Waals surface area contributed by atoms with E-state index >= 15 is 0 Å². The van der Waals surface area contributed by atoms with Gasteiger partial charge in [0.2, 0.25) is 5.82 Å². The number of rotatable bonds is 3. The minimum absolute atomic E-state index is 0.225. The summed E-state index contributed by atoms with van der Waals surface area (Å²) in [4.78, 5) is 4.05. The molecule has 0 radical (unpaired) electrons. The first-order valence-electron chi connectivity index (χ1n) is 5.24. The van der Waals surface area contributed by atoms with E-state index in [-0.39, 0.29) is 12.5 Å². The SMILES string of the molecule is CC(C)c1ccc(-c2noc(CO)n2)cc1. The van der Waals surface area contributed by atoms with E-state index in [1.54, 1.807) is 0 Å². The number of aliphatic hydroxyl groups excluding tert-OH is 1. The molecule has 1 aromatic heterocycles. The molecule has 84 valence electrons. The molecular weight excluding hydrogens is 204 g/mol. The third kappa shape index (κ3) is 2.12. The fourth-order valence-corrected chi connectivity index (χ4v) is 1.45. The van der Waals surface area contributed by atoms with E-state index in [1.807, 2.05) is 12.1 Å². The molecule has 2 rings (SSSR count). The summed E-state index contributed by atoms with van der Waals surface area (Å²) < 4.78 is 4.83. The van der Waals surface area contributed by atoms with Crippen molar-refractivity contribution in [3.63, 3.8) is 0 Å². The smallest absolute Gasteiger partial charge is 0.252 e. The van der Waals surface area contributed by atoms with Gasteiger partial charge in [0.25, 0.3) is 5.89 Å². The van der Waals surface area contributed by atoms with Gasteiger partial charge >= 0.3 is 0 Å². The van der Waals surface area contributed by atoms with Gasteiger partial charge in [-0.2, -0.15) is 4.98 Å². The molecule has 0 atom stereocenters. The molecule has 0 amide bonds. The van der Waals surface area contributed by atoms with Crippen LogP contribution in [-0.2, 0) is 6.61 Å². The summed E-state index contributed by atoms with van der Waals surface area (Å²) >= 11 is 0. The lowest BCUT2D eigenvalue weighted by atomic mass is 10.0. The van der Waals surface area contributed by atoms with E-state index in [1.165, 1.54) is 5.56 Å². The van der Waals surface area contributed by atoms with Gasteiger partial charge in [-0.1, -0.05) is 43.3 Å². The highest BCUT2D eigenvalue weighted by atomic mass is 16.5. The standard InChI is InChI=1S/C12H14N2O2/c1-8(2)9-3-5-10(6-4-9)12-13-11(7-15)16-14-12/h3-6,8,15H,7H2,1-2H3. The summed E-state index contributed by atoms with van der Waals surface area (Å²) in [5.41, 5.74) is 2.17. The van der Waals surface area contributed by atoms with Crippen LogP contribution in [0.1, 0.15) is 31.2 Å². The second-order valence-electron chi connectivity index (χ2n) is 3.95. The van der Waals surface area contributed by atoms with Crippen molar-refractivity contribution in [2.24, 2.45) is 0 Å². The Bertz CT molecular complexity index is 460. The van der Waals surface area contributed by atoms with E-state index in [0.717, 1.165) is 5.56 Å². The van der Waals surface area contributed by atoms with Crippen molar-refractivity contribution in [2.75, 3.05) is 0 Å². The van der Waals surface area contributed by atoms with E-state index < -0.39 is 0 Å². The van der Waals surface area contributed by atoms with Gasteiger partial charge in [0.15, 0.2) is 0 Å². The maximum absolute atomic E-state index is 8.82. The van der Waals surface area contributed by atoms with Crippen molar-refractivity contribution in [3.8, 4) is 11.4 Å². The molecule has 0 saturated heterocycles. The molecule has 0 bridgehead atoms. The zero-order chi connectivity index (χ0) is 11.5. The van der Waals surface area contributed by atoms with E-state index in [4.69, 9.17) is 9.63 Å². The van der Waals surface area contributed by atoms with Gasteiger partial charge < -0.3 is 9.63 Å². The minimum Gasteiger partial charge on any atom is -0.387 e. The molecule has 4 nitrogen and oxygen atoms in total. The Morgan fingerprint density at radius 2 is 1.94 bits per heavy atom. The molecule has 0 saturated carbocycles. The van der Waals surface area contributed by atoms with Crippen molar-refractivity contribution < 1.29 is 9.63 Å². The largest absolute Gasteiger partial charge is 0.387 e. The third-order valence-corrected chi connectivity index (χ3v) is 2.44. The monoisotopic (exact) mass is 218 g/mol. The normalized spacial score (nSPS) is 11.0. The Kier molecular flexibility index (Phi) is 3.01. The molecule has 0 aliphatic rings. The van der Waals surface area contributed by atoms with E-state index in [9.17, 15) is 0 Å². The van der Waals surface area contributed by atoms with Crippen LogP contribution in [-0.4, -0.2) is 15.2 Å². The highest BCUT2D eigenvalue weighted by Gasteiger charge is 2.07. The van der Waals surface area contributed by atoms with Gasteiger partial charge in [-0.05, 0) is 11.5 Å². The fraction of sp³-hybridized carbons (Fsp3) is 0.333. The van der Waals surface area contributed by atoms with Crippen LogP contribution in [0.5, 0.6) is 0 Å². The summed E-state index contributed by atoms with van der Waals surface area (Å²) in [7, 11) is 0. The van der Waals surface area contributed by atoms with Gasteiger partial charge in [-0.3, -0.25) is 0 Å². The Balaban J connectivity index is 2.27. The summed E-state index contributed by atoms with van der Waals surface area (Å²) in [5, 5.41) is 12.6. The average Bonchev–Trinajstić information content (AvgIpc) is 2.77. The quantitative estimate of drug-likeness (QED) is 0.859. The van der Waals surface area contributed by atoms with Gasteiger partial charge in [0.1, 0.15) is 6.61 Å². The van der Waals surface area contributed by atoms with Crippen molar-refractivity contribution in [1.82, 2.24) is 10.1 Å². The predicted octanol–water partition coefficient (Wildman–Crippen LogP) is 2.35. The molecule has 1 N–H and O–H groups in total. The lowest BCUT2D eigenvalue weighted by Crippen LogP contribution is -1.88. The van der Waals surface area contributed by atoms with E-state index in [2.05, 4.69) is 36.1 Å². The van der Waals surface area contributed by atoms with Crippen LogP contribution >= 0.6 is 0 Å². The van der Waals surface area contributed by atoms with Crippen LogP contribution < -0.4 is 0 Å². The number of hydrogen-bond donors (Lipinski definition) is 1. The van der Waals surface area contributed by atoms with Gasteiger partial charge in [0.05, 0.1) is 0 Å². The number of aromatic nitrogens is 2. The Hall–Kier alpha value is -1.68. The van der Waals surface area contributed by atoms with Crippen LogP contribution in [0.4, 0.5) is 0 Å². The molecule has 1 heterocycles. The van der Waals surface area contributed by atoms with Crippen molar-refractivity contribution in [3.05, 3.63) is 35.7 Å². The number of hydrogen-bond acceptors (Lipinski definition) is 4.